The third kappa shape index (κ3) is 3.50. The number of amidine groups is 1. The van der Waals surface area contributed by atoms with Crippen LogP contribution in [0.1, 0.15) is 12.5 Å². The van der Waals surface area contributed by atoms with Crippen LogP contribution in [-0.2, 0) is 0 Å². The van der Waals surface area contributed by atoms with E-state index in [-0.39, 0.29) is 11.8 Å². The summed E-state index contributed by atoms with van der Waals surface area (Å²) in [5.74, 6) is 0.255. The molecule has 0 amide bonds. The zero-order valence-electron chi connectivity index (χ0n) is 9.07. The topological polar surface area (TPSA) is 70.6 Å². The fourth-order valence-corrected chi connectivity index (χ4v) is 1.15. The molecule has 1 aromatic rings. The summed E-state index contributed by atoms with van der Waals surface area (Å²) in [4.78, 5) is 0. The summed E-state index contributed by atoms with van der Waals surface area (Å²) in [7, 11) is 0. The Morgan fingerprint density at radius 3 is 2.60 bits per heavy atom. The molecule has 15 heavy (non-hydrogen) atoms. The normalized spacial score (nSPS) is 13.6. The maximum absolute atomic E-state index is 8.47. The van der Waals surface area contributed by atoms with Gasteiger partial charge in [0.25, 0.3) is 0 Å². The minimum Gasteiger partial charge on any atom is -0.409 e. The first-order valence-electron chi connectivity index (χ1n) is 4.91. The Balaban J connectivity index is 2.47. The van der Waals surface area contributed by atoms with Crippen molar-refractivity contribution < 1.29 is 5.21 Å². The van der Waals surface area contributed by atoms with Crippen molar-refractivity contribution in [3.63, 3.8) is 0 Å². The zero-order valence-corrected chi connectivity index (χ0v) is 9.07. The number of benzene rings is 1. The van der Waals surface area contributed by atoms with Crippen LogP contribution in [0.2, 0.25) is 0 Å². The number of nitrogens with two attached hydrogens (primary N) is 1. The third-order valence-corrected chi connectivity index (χ3v) is 2.28. The van der Waals surface area contributed by atoms with Crippen LogP contribution in [0, 0.1) is 12.8 Å². The average molecular weight is 207 g/mol. The fourth-order valence-electron chi connectivity index (χ4n) is 1.15. The number of aryl methyl sites for hydroxylation is 1. The lowest BCUT2D eigenvalue weighted by Gasteiger charge is -2.12. The molecule has 0 spiro atoms. The van der Waals surface area contributed by atoms with Gasteiger partial charge in [0.05, 0.1) is 0 Å². The highest BCUT2D eigenvalue weighted by Crippen LogP contribution is 2.09. The Bertz CT molecular complexity index is 332. The smallest absolute Gasteiger partial charge is 0.143 e. The predicted octanol–water partition coefficient (Wildman–Crippen LogP) is 1.79. The van der Waals surface area contributed by atoms with Gasteiger partial charge in [-0.05, 0) is 19.1 Å². The van der Waals surface area contributed by atoms with E-state index in [1.807, 2.05) is 38.1 Å². The number of rotatable bonds is 4. The number of hydrogen-bond acceptors (Lipinski definition) is 3. The standard InChI is InChI=1S/C11H17N3O/c1-8-3-5-10(6-4-8)13-7-9(2)11(12)14-15/h3-6,9,13,15H,7H2,1-2H3,(H2,12,14). The molecule has 1 aromatic carbocycles. The largest absolute Gasteiger partial charge is 0.409 e. The number of oxime groups is 1. The molecule has 1 rings (SSSR count). The molecule has 0 radical (unpaired) electrons. The van der Waals surface area contributed by atoms with Gasteiger partial charge in [-0.2, -0.15) is 0 Å². The summed E-state index contributed by atoms with van der Waals surface area (Å²) in [6, 6.07) is 8.09. The lowest BCUT2D eigenvalue weighted by atomic mass is 10.1. The summed E-state index contributed by atoms with van der Waals surface area (Å²) in [6.07, 6.45) is 0. The van der Waals surface area contributed by atoms with E-state index in [0.29, 0.717) is 6.54 Å². The third-order valence-electron chi connectivity index (χ3n) is 2.28. The highest BCUT2D eigenvalue weighted by Gasteiger charge is 2.06. The molecule has 4 heteroatoms. The molecular weight excluding hydrogens is 190 g/mol. The molecule has 0 fully saturated rings. The lowest BCUT2D eigenvalue weighted by Crippen LogP contribution is -2.27. The molecular formula is C11H17N3O. The van der Waals surface area contributed by atoms with E-state index in [4.69, 9.17) is 10.9 Å². The lowest BCUT2D eigenvalue weighted by molar-refractivity contribution is 0.315. The highest BCUT2D eigenvalue weighted by atomic mass is 16.4. The molecule has 0 aliphatic carbocycles. The van der Waals surface area contributed by atoms with Crippen LogP contribution in [0.15, 0.2) is 29.4 Å². The summed E-state index contributed by atoms with van der Waals surface area (Å²) < 4.78 is 0. The number of nitrogens with zero attached hydrogens (tertiary/aromatic N) is 1. The van der Waals surface area contributed by atoms with Gasteiger partial charge in [-0.3, -0.25) is 0 Å². The van der Waals surface area contributed by atoms with Crippen molar-refractivity contribution in [2.24, 2.45) is 16.8 Å². The second-order valence-electron chi connectivity index (χ2n) is 3.67. The summed E-state index contributed by atoms with van der Waals surface area (Å²) in [6.45, 7) is 4.60. The maximum Gasteiger partial charge on any atom is 0.143 e. The molecule has 0 aromatic heterocycles. The van der Waals surface area contributed by atoms with Crippen LogP contribution in [0.4, 0.5) is 5.69 Å². The quantitative estimate of drug-likeness (QED) is 0.305. The van der Waals surface area contributed by atoms with E-state index in [1.54, 1.807) is 0 Å². The molecule has 1 unspecified atom stereocenters. The van der Waals surface area contributed by atoms with E-state index in [2.05, 4.69) is 10.5 Å². The van der Waals surface area contributed by atoms with Gasteiger partial charge >= 0.3 is 0 Å². The highest BCUT2D eigenvalue weighted by molar-refractivity contribution is 5.82. The van der Waals surface area contributed by atoms with Gasteiger partial charge in [0.1, 0.15) is 5.84 Å². The molecule has 0 saturated carbocycles. The Labute approximate surface area is 89.8 Å². The Hall–Kier alpha value is -1.71. The first-order valence-corrected chi connectivity index (χ1v) is 4.91. The maximum atomic E-state index is 8.47. The van der Waals surface area contributed by atoms with E-state index in [0.717, 1.165) is 5.69 Å². The molecule has 0 aliphatic rings. The van der Waals surface area contributed by atoms with Crippen molar-refractivity contribution in [3.05, 3.63) is 29.8 Å². The number of hydrogen-bond donors (Lipinski definition) is 3. The Kier molecular flexibility index (Phi) is 3.97. The Morgan fingerprint density at radius 1 is 1.47 bits per heavy atom. The van der Waals surface area contributed by atoms with Crippen molar-refractivity contribution in [1.29, 1.82) is 0 Å². The van der Waals surface area contributed by atoms with Gasteiger partial charge in [-0.25, -0.2) is 0 Å². The zero-order chi connectivity index (χ0) is 11.3. The van der Waals surface area contributed by atoms with Gasteiger partial charge < -0.3 is 16.3 Å². The average Bonchev–Trinajstić information content (AvgIpc) is 2.26. The Morgan fingerprint density at radius 2 is 2.07 bits per heavy atom. The van der Waals surface area contributed by atoms with Crippen LogP contribution >= 0.6 is 0 Å². The molecule has 4 nitrogen and oxygen atoms in total. The van der Waals surface area contributed by atoms with Crippen LogP contribution < -0.4 is 11.1 Å². The predicted molar refractivity (Wildman–Crippen MR) is 62.2 cm³/mol. The van der Waals surface area contributed by atoms with Crippen LogP contribution in [0.25, 0.3) is 0 Å². The molecule has 1 atom stereocenters. The second-order valence-corrected chi connectivity index (χ2v) is 3.67. The van der Waals surface area contributed by atoms with E-state index in [1.165, 1.54) is 5.56 Å². The van der Waals surface area contributed by atoms with E-state index in [9.17, 15) is 0 Å². The minimum atomic E-state index is 0.0105. The van der Waals surface area contributed by atoms with Crippen molar-refractivity contribution in [3.8, 4) is 0 Å². The van der Waals surface area contributed by atoms with E-state index < -0.39 is 0 Å². The van der Waals surface area contributed by atoms with Gasteiger partial charge in [0, 0.05) is 18.2 Å². The summed E-state index contributed by atoms with van der Waals surface area (Å²) >= 11 is 0. The fraction of sp³-hybridized carbons (Fsp3) is 0.364. The first-order chi connectivity index (χ1) is 7.13. The van der Waals surface area contributed by atoms with Crippen LogP contribution in [0.5, 0.6) is 0 Å². The molecule has 4 N–H and O–H groups in total. The van der Waals surface area contributed by atoms with Crippen molar-refractivity contribution in [2.75, 3.05) is 11.9 Å². The molecule has 0 bridgehead atoms. The number of anilines is 1. The van der Waals surface area contributed by atoms with Crippen molar-refractivity contribution >= 4 is 11.5 Å². The van der Waals surface area contributed by atoms with Crippen molar-refractivity contribution in [1.82, 2.24) is 0 Å². The molecule has 0 saturated heterocycles. The van der Waals surface area contributed by atoms with Gasteiger partial charge in [-0.1, -0.05) is 29.8 Å². The first kappa shape index (κ1) is 11.4. The van der Waals surface area contributed by atoms with Crippen LogP contribution in [-0.4, -0.2) is 17.6 Å². The number of nitrogens with one attached hydrogen (secondary N) is 1. The monoisotopic (exact) mass is 207 g/mol. The van der Waals surface area contributed by atoms with Gasteiger partial charge in [-0.15, -0.1) is 0 Å². The van der Waals surface area contributed by atoms with Crippen molar-refractivity contribution in [2.45, 2.75) is 13.8 Å². The van der Waals surface area contributed by atoms with Crippen LogP contribution in [0.3, 0.4) is 0 Å². The molecule has 0 heterocycles. The second kappa shape index (κ2) is 5.24. The summed E-state index contributed by atoms with van der Waals surface area (Å²) in [5.41, 5.74) is 7.73. The molecule has 82 valence electrons. The molecule has 0 aliphatic heterocycles. The van der Waals surface area contributed by atoms with Gasteiger partial charge in [0.15, 0.2) is 0 Å². The SMILES string of the molecule is Cc1ccc(NCC(C)C(N)=NO)cc1. The minimum absolute atomic E-state index is 0.0105. The summed E-state index contributed by atoms with van der Waals surface area (Å²) in [5, 5.41) is 14.7. The van der Waals surface area contributed by atoms with E-state index >= 15 is 0 Å². The van der Waals surface area contributed by atoms with Gasteiger partial charge in [0.2, 0.25) is 0 Å².